The molecule has 0 aliphatic heterocycles. The summed E-state index contributed by atoms with van der Waals surface area (Å²) >= 11 is 18.2. The number of ketones is 1. The zero-order chi connectivity index (χ0) is 19.0. The third-order valence-electron chi connectivity index (χ3n) is 3.14. The Hall–Kier alpha value is -0.270. The van der Waals surface area contributed by atoms with Crippen LogP contribution in [0.2, 0.25) is 10.0 Å². The first kappa shape index (κ1) is 22.8. The van der Waals surface area contributed by atoms with Gasteiger partial charge in [-0.2, -0.15) is 4.89 Å². The number of carbonyl (C=O) groups excluding carboxylic acids is 2. The van der Waals surface area contributed by atoms with E-state index in [1.807, 2.05) is 0 Å². The van der Waals surface area contributed by atoms with E-state index < -0.39 is 10.9 Å². The van der Waals surface area contributed by atoms with Gasteiger partial charge in [0.25, 0.3) is 4.93 Å². The molecule has 0 fully saturated rings. The summed E-state index contributed by atoms with van der Waals surface area (Å²) < 4.78 is 5.57. The van der Waals surface area contributed by atoms with Gasteiger partial charge in [-0.25, -0.2) is 4.79 Å². The molecule has 5 nitrogen and oxygen atoms in total. The summed E-state index contributed by atoms with van der Waals surface area (Å²) in [4.78, 5) is 33.0. The predicted octanol–water partition coefficient (Wildman–Crippen LogP) is 4.89. The van der Waals surface area contributed by atoms with Crippen LogP contribution < -0.4 is 0 Å². The maximum atomic E-state index is 12.7. The molecule has 138 valence electrons. The Morgan fingerprint density at radius 2 is 1.84 bits per heavy atom. The Bertz CT molecular complexity index is 636. The van der Waals surface area contributed by atoms with Gasteiger partial charge in [-0.15, -0.1) is 0 Å². The standard InChI is InChI=1S/C15H17Cl2O5PS2/c1-4-20-15(25-23-24,14(19)22-21-5-2)8-13(18)10-6-11(16)9(3)12(17)7-10/h6-7H,4-5,8H2,1-3H3/p+1. The number of carbonyl (C=O) groups is 2. The van der Waals surface area contributed by atoms with Crippen molar-refractivity contribution >= 4 is 64.7 Å². The quantitative estimate of drug-likeness (QED) is 0.167. The molecule has 0 aliphatic rings. The number of Topliss-reactive ketones (excluding diaryl/α,β-unsaturated/α-hetero) is 1. The molecule has 1 aromatic rings. The highest BCUT2D eigenvalue weighted by Crippen LogP contribution is 2.41. The monoisotopic (exact) mass is 443 g/mol. The number of ether oxygens (including phenoxy) is 1. The first-order chi connectivity index (χ1) is 11.8. The SMILES string of the molecule is CCOOC(=O)C(CC(=O)c1cc(Cl)c(C)c(Cl)c1)(OCC)S[PH+]=S. The van der Waals surface area contributed by atoms with Crippen LogP contribution in [0.1, 0.15) is 36.2 Å². The smallest absolute Gasteiger partial charge is 0.350 e. The first-order valence-corrected chi connectivity index (χ1v) is 11.8. The van der Waals surface area contributed by atoms with E-state index in [1.165, 1.54) is 12.1 Å². The Morgan fingerprint density at radius 3 is 2.32 bits per heavy atom. The van der Waals surface area contributed by atoms with Gasteiger partial charge in [0.05, 0.1) is 13.0 Å². The maximum absolute atomic E-state index is 12.7. The molecule has 0 saturated carbocycles. The molecule has 0 N–H and O–H groups in total. The number of hydrogen-bond donors (Lipinski definition) is 0. The fourth-order valence-electron chi connectivity index (χ4n) is 1.89. The number of hydrogen-bond acceptors (Lipinski definition) is 7. The predicted molar refractivity (Wildman–Crippen MR) is 105 cm³/mol. The summed E-state index contributed by atoms with van der Waals surface area (Å²) in [5.41, 5.74) is 0.954. The lowest BCUT2D eigenvalue weighted by atomic mass is 10.0. The van der Waals surface area contributed by atoms with Gasteiger partial charge >= 0.3 is 5.97 Å². The van der Waals surface area contributed by atoms with E-state index in [1.54, 1.807) is 20.8 Å². The second kappa shape index (κ2) is 10.8. The highest BCUT2D eigenvalue weighted by atomic mass is 35.5. The van der Waals surface area contributed by atoms with Crippen molar-refractivity contribution in [1.29, 1.82) is 0 Å². The number of benzene rings is 1. The molecule has 2 unspecified atom stereocenters. The molecular weight excluding hydrogens is 426 g/mol. The zero-order valence-electron chi connectivity index (χ0n) is 13.9. The highest BCUT2D eigenvalue weighted by molar-refractivity contribution is 8.58. The van der Waals surface area contributed by atoms with Crippen LogP contribution in [0.25, 0.3) is 0 Å². The molecule has 1 aromatic carbocycles. The van der Waals surface area contributed by atoms with Crippen LogP contribution in [0.5, 0.6) is 0 Å². The van der Waals surface area contributed by atoms with Crippen molar-refractivity contribution < 1.29 is 24.1 Å². The third kappa shape index (κ3) is 6.14. The molecule has 0 saturated heterocycles. The van der Waals surface area contributed by atoms with E-state index >= 15 is 0 Å². The molecular formula is C15H18Cl2O5PS2+. The number of halogens is 2. The van der Waals surface area contributed by atoms with Crippen LogP contribution in [0.3, 0.4) is 0 Å². The van der Waals surface area contributed by atoms with Crippen LogP contribution in [0.15, 0.2) is 12.1 Å². The molecule has 0 amide bonds. The molecule has 25 heavy (non-hydrogen) atoms. The van der Waals surface area contributed by atoms with E-state index in [4.69, 9.17) is 49.5 Å². The van der Waals surface area contributed by atoms with E-state index in [9.17, 15) is 9.59 Å². The maximum Gasteiger partial charge on any atom is 0.388 e. The van der Waals surface area contributed by atoms with Gasteiger partial charge in [0.15, 0.2) is 17.6 Å². The summed E-state index contributed by atoms with van der Waals surface area (Å²) in [6.45, 7) is 5.37. The van der Waals surface area contributed by atoms with Crippen molar-refractivity contribution in [1.82, 2.24) is 0 Å². The highest BCUT2D eigenvalue weighted by Gasteiger charge is 2.49. The molecule has 0 bridgehead atoms. The van der Waals surface area contributed by atoms with Crippen LogP contribution in [-0.4, -0.2) is 29.9 Å². The summed E-state index contributed by atoms with van der Waals surface area (Å²) in [6.07, 6.45) is -0.281. The van der Waals surface area contributed by atoms with Crippen molar-refractivity contribution in [2.75, 3.05) is 13.2 Å². The molecule has 0 aliphatic carbocycles. The molecule has 0 spiro atoms. The van der Waals surface area contributed by atoms with Crippen molar-refractivity contribution in [3.8, 4) is 0 Å². The Kier molecular flexibility index (Phi) is 9.82. The summed E-state index contributed by atoms with van der Waals surface area (Å²) in [5.74, 6) is -1.18. The van der Waals surface area contributed by atoms with Crippen molar-refractivity contribution in [2.24, 2.45) is 0 Å². The second-order valence-corrected chi connectivity index (χ2v) is 9.27. The lowest BCUT2D eigenvalue weighted by Gasteiger charge is -2.24. The first-order valence-electron chi connectivity index (χ1n) is 7.33. The van der Waals surface area contributed by atoms with E-state index in [0.29, 0.717) is 15.6 Å². The van der Waals surface area contributed by atoms with Crippen molar-refractivity contribution in [2.45, 2.75) is 32.1 Å². The van der Waals surface area contributed by atoms with Gasteiger partial charge in [0, 0.05) is 22.2 Å². The Labute approximate surface area is 167 Å². The minimum atomic E-state index is -1.58. The molecule has 0 heterocycles. The minimum Gasteiger partial charge on any atom is -0.350 e. The lowest BCUT2D eigenvalue weighted by Crippen LogP contribution is -2.41. The van der Waals surface area contributed by atoms with Gasteiger partial charge in [0.1, 0.15) is 11.4 Å². The van der Waals surface area contributed by atoms with Gasteiger partial charge in [-0.1, -0.05) is 23.2 Å². The van der Waals surface area contributed by atoms with Gasteiger partial charge < -0.3 is 4.74 Å². The van der Waals surface area contributed by atoms with Crippen molar-refractivity contribution in [3.05, 3.63) is 33.3 Å². The fourth-order valence-corrected chi connectivity index (χ4v) is 5.26. The molecule has 2 atom stereocenters. The van der Waals surface area contributed by atoms with E-state index in [0.717, 1.165) is 11.4 Å². The topological polar surface area (TPSA) is 61.8 Å². The Balaban J connectivity index is 3.16. The second-order valence-electron chi connectivity index (χ2n) is 4.81. The Morgan fingerprint density at radius 1 is 1.24 bits per heavy atom. The van der Waals surface area contributed by atoms with Crippen LogP contribution in [0.4, 0.5) is 0 Å². The van der Waals surface area contributed by atoms with E-state index in [2.05, 4.69) is 0 Å². The fraction of sp³-hybridized carbons (Fsp3) is 0.467. The van der Waals surface area contributed by atoms with Crippen LogP contribution in [-0.2, 0) is 31.1 Å². The average molecular weight is 444 g/mol. The normalized spacial score (nSPS) is 13.5. The lowest BCUT2D eigenvalue weighted by molar-refractivity contribution is -0.279. The minimum absolute atomic E-state index is 0.118. The van der Waals surface area contributed by atoms with E-state index in [-0.39, 0.29) is 37.5 Å². The summed E-state index contributed by atoms with van der Waals surface area (Å²) in [7, 11) is 0. The zero-order valence-corrected chi connectivity index (χ0v) is 18.0. The van der Waals surface area contributed by atoms with Crippen LogP contribution >= 0.6 is 41.1 Å². The largest absolute Gasteiger partial charge is 0.388 e. The number of rotatable bonds is 10. The molecule has 10 heteroatoms. The van der Waals surface area contributed by atoms with Gasteiger partial charge in [-0.05, 0) is 38.5 Å². The molecule has 0 radical (unpaired) electrons. The van der Waals surface area contributed by atoms with Crippen molar-refractivity contribution in [3.63, 3.8) is 0 Å². The van der Waals surface area contributed by atoms with Crippen LogP contribution in [0, 0.1) is 6.92 Å². The average Bonchev–Trinajstić information content (AvgIpc) is 2.57. The molecule has 0 aromatic heterocycles. The summed E-state index contributed by atoms with van der Waals surface area (Å²) in [5, 5.41) is 0.736. The van der Waals surface area contributed by atoms with Gasteiger partial charge in [0.2, 0.25) is 6.56 Å². The summed E-state index contributed by atoms with van der Waals surface area (Å²) in [6, 6.07) is 3.02. The van der Waals surface area contributed by atoms with Gasteiger partial charge in [-0.3, -0.25) is 9.68 Å². The third-order valence-corrected chi connectivity index (χ3v) is 6.76. The molecule has 1 rings (SSSR count).